The third-order valence-electron chi connectivity index (χ3n) is 2.75. The summed E-state index contributed by atoms with van der Waals surface area (Å²) in [6.07, 6.45) is 0.603. The van der Waals surface area contributed by atoms with Crippen molar-refractivity contribution in [2.45, 2.75) is 26.8 Å². The number of aryl methyl sites for hydroxylation is 1. The van der Waals surface area contributed by atoms with Crippen molar-refractivity contribution in [1.29, 1.82) is 0 Å². The van der Waals surface area contributed by atoms with E-state index in [0.29, 0.717) is 13.0 Å². The van der Waals surface area contributed by atoms with Gasteiger partial charge in [-0.1, -0.05) is 25.1 Å². The molecule has 0 N–H and O–H groups in total. The Morgan fingerprint density at radius 1 is 1.33 bits per heavy atom. The number of rotatable bonds is 3. The van der Waals surface area contributed by atoms with Crippen molar-refractivity contribution in [2.75, 3.05) is 0 Å². The number of hydrogen-bond acceptors (Lipinski definition) is 1. The van der Waals surface area contributed by atoms with Crippen molar-refractivity contribution in [1.82, 2.24) is 4.57 Å². The highest BCUT2D eigenvalue weighted by molar-refractivity contribution is 5.84. The molecule has 2 rings (SSSR count). The number of nitrogens with zero attached hydrogens (tertiary/aromatic N) is 1. The summed E-state index contributed by atoms with van der Waals surface area (Å²) in [5.74, 6) is 0.277. The van der Waals surface area contributed by atoms with Crippen LogP contribution in [0.5, 0.6) is 0 Å². The van der Waals surface area contributed by atoms with Gasteiger partial charge in [0.15, 0.2) is 5.78 Å². The Bertz CT molecular complexity index is 496. The first-order valence-corrected chi connectivity index (χ1v) is 5.29. The van der Waals surface area contributed by atoms with Gasteiger partial charge in [0.05, 0.1) is 6.54 Å². The second kappa shape index (κ2) is 3.89. The van der Waals surface area contributed by atoms with E-state index in [1.807, 2.05) is 26.0 Å². The van der Waals surface area contributed by atoms with Gasteiger partial charge < -0.3 is 4.57 Å². The Morgan fingerprint density at radius 2 is 2.07 bits per heavy atom. The van der Waals surface area contributed by atoms with Crippen molar-refractivity contribution in [3.63, 3.8) is 0 Å². The van der Waals surface area contributed by atoms with Gasteiger partial charge in [-0.2, -0.15) is 0 Å². The average molecular weight is 201 g/mol. The second-order valence-corrected chi connectivity index (χ2v) is 3.82. The van der Waals surface area contributed by atoms with E-state index in [1.54, 1.807) is 0 Å². The summed E-state index contributed by atoms with van der Waals surface area (Å²) < 4.78 is 2.08. The summed E-state index contributed by atoms with van der Waals surface area (Å²) in [5, 5.41) is 1.21. The van der Waals surface area contributed by atoms with Crippen molar-refractivity contribution < 1.29 is 4.79 Å². The molecule has 0 aliphatic rings. The number of aromatic nitrogens is 1. The van der Waals surface area contributed by atoms with Gasteiger partial charge in [-0.3, -0.25) is 4.79 Å². The molecular formula is C13H15NO. The van der Waals surface area contributed by atoms with E-state index >= 15 is 0 Å². The van der Waals surface area contributed by atoms with Crippen molar-refractivity contribution in [2.24, 2.45) is 0 Å². The lowest BCUT2D eigenvalue weighted by atomic mass is 10.2. The molecule has 0 aliphatic carbocycles. The molecule has 0 amide bonds. The lowest BCUT2D eigenvalue weighted by molar-refractivity contribution is -0.119. The smallest absolute Gasteiger partial charge is 0.152 e. The number of Topliss-reactive ketones (excluding diaryl/α,β-unsaturated/α-hetero) is 1. The highest BCUT2D eigenvalue weighted by Crippen LogP contribution is 2.19. The maximum Gasteiger partial charge on any atom is 0.152 e. The summed E-state index contributed by atoms with van der Waals surface area (Å²) in [7, 11) is 0. The lowest BCUT2D eigenvalue weighted by Crippen LogP contribution is -2.09. The van der Waals surface area contributed by atoms with Crippen LogP contribution >= 0.6 is 0 Å². The van der Waals surface area contributed by atoms with Crippen molar-refractivity contribution in [3.8, 4) is 0 Å². The Labute approximate surface area is 89.5 Å². The number of hydrogen-bond donors (Lipinski definition) is 0. The molecule has 0 fully saturated rings. The highest BCUT2D eigenvalue weighted by atomic mass is 16.1. The Kier molecular flexibility index (Phi) is 2.58. The van der Waals surface area contributed by atoms with Gasteiger partial charge in [0.2, 0.25) is 0 Å². The predicted molar refractivity (Wildman–Crippen MR) is 62.0 cm³/mol. The van der Waals surface area contributed by atoms with E-state index in [9.17, 15) is 4.79 Å². The zero-order chi connectivity index (χ0) is 10.8. The molecule has 0 aliphatic heterocycles. The van der Waals surface area contributed by atoms with E-state index < -0.39 is 0 Å². The topological polar surface area (TPSA) is 22.0 Å². The molecule has 0 saturated heterocycles. The molecule has 0 bridgehead atoms. The largest absolute Gasteiger partial charge is 0.337 e. The van der Waals surface area contributed by atoms with Gasteiger partial charge in [-0.05, 0) is 24.4 Å². The number of benzene rings is 1. The maximum atomic E-state index is 11.5. The number of para-hydroxylation sites is 1. The summed E-state index contributed by atoms with van der Waals surface area (Å²) >= 11 is 0. The van der Waals surface area contributed by atoms with E-state index in [0.717, 1.165) is 11.2 Å². The van der Waals surface area contributed by atoms with Crippen LogP contribution in [-0.2, 0) is 11.3 Å². The normalized spacial score (nSPS) is 10.8. The molecule has 0 saturated carbocycles. The van der Waals surface area contributed by atoms with Crippen LogP contribution in [0, 0.1) is 6.92 Å². The van der Waals surface area contributed by atoms with Gasteiger partial charge in [0, 0.05) is 17.6 Å². The number of fused-ring (bicyclic) bond motifs is 1. The number of carbonyl (C=O) groups is 1. The molecule has 2 nitrogen and oxygen atoms in total. The van der Waals surface area contributed by atoms with Crippen molar-refractivity contribution in [3.05, 3.63) is 36.0 Å². The first kappa shape index (κ1) is 9.97. The molecule has 78 valence electrons. The van der Waals surface area contributed by atoms with Gasteiger partial charge >= 0.3 is 0 Å². The fraction of sp³-hybridized carbons (Fsp3) is 0.308. The molecule has 15 heavy (non-hydrogen) atoms. The fourth-order valence-corrected chi connectivity index (χ4v) is 1.85. The molecule has 1 aromatic carbocycles. The van der Waals surface area contributed by atoms with E-state index in [1.165, 1.54) is 5.39 Å². The Morgan fingerprint density at radius 3 is 2.80 bits per heavy atom. The zero-order valence-corrected chi connectivity index (χ0v) is 9.16. The van der Waals surface area contributed by atoms with Crippen LogP contribution in [0.15, 0.2) is 30.3 Å². The predicted octanol–water partition coefficient (Wildman–Crippen LogP) is 2.93. The second-order valence-electron chi connectivity index (χ2n) is 3.82. The van der Waals surface area contributed by atoms with Crippen LogP contribution < -0.4 is 0 Å². The zero-order valence-electron chi connectivity index (χ0n) is 9.16. The first-order chi connectivity index (χ1) is 7.22. The van der Waals surface area contributed by atoms with Gasteiger partial charge in [-0.15, -0.1) is 0 Å². The molecule has 0 spiro atoms. The molecule has 2 aromatic rings. The Hall–Kier alpha value is -1.57. The third-order valence-corrected chi connectivity index (χ3v) is 2.75. The molecular weight excluding hydrogens is 186 g/mol. The highest BCUT2D eigenvalue weighted by Gasteiger charge is 2.07. The van der Waals surface area contributed by atoms with Crippen LogP contribution in [0.1, 0.15) is 19.0 Å². The van der Waals surface area contributed by atoms with Gasteiger partial charge in [0.1, 0.15) is 0 Å². The summed E-state index contributed by atoms with van der Waals surface area (Å²) in [4.78, 5) is 11.5. The standard InChI is InChI=1S/C13H15NO/c1-3-12(15)9-14-10(2)8-11-6-4-5-7-13(11)14/h4-8H,3,9H2,1-2H3. The maximum absolute atomic E-state index is 11.5. The minimum absolute atomic E-state index is 0.277. The molecule has 0 unspecified atom stereocenters. The van der Waals surface area contributed by atoms with Crippen molar-refractivity contribution >= 4 is 16.7 Å². The molecule has 1 aromatic heterocycles. The minimum Gasteiger partial charge on any atom is -0.337 e. The summed E-state index contributed by atoms with van der Waals surface area (Å²) in [6.45, 7) is 4.45. The van der Waals surface area contributed by atoms with E-state index in [2.05, 4.69) is 22.8 Å². The fourth-order valence-electron chi connectivity index (χ4n) is 1.85. The number of ketones is 1. The minimum atomic E-state index is 0.277. The SMILES string of the molecule is CCC(=O)Cn1c(C)cc2ccccc21. The molecule has 2 heteroatoms. The Balaban J connectivity index is 2.49. The quantitative estimate of drug-likeness (QED) is 0.748. The van der Waals surface area contributed by atoms with E-state index in [-0.39, 0.29) is 5.78 Å². The van der Waals surface area contributed by atoms with Crippen LogP contribution in [0.4, 0.5) is 0 Å². The summed E-state index contributed by atoms with van der Waals surface area (Å²) in [6, 6.07) is 10.3. The van der Waals surface area contributed by atoms with Crippen LogP contribution in [0.3, 0.4) is 0 Å². The molecule has 0 radical (unpaired) electrons. The third kappa shape index (κ3) is 1.80. The number of carbonyl (C=O) groups excluding carboxylic acids is 1. The monoisotopic (exact) mass is 201 g/mol. The lowest BCUT2D eigenvalue weighted by Gasteiger charge is -2.05. The summed E-state index contributed by atoms with van der Waals surface area (Å²) in [5.41, 5.74) is 2.30. The van der Waals surface area contributed by atoms with Crippen LogP contribution in [0.25, 0.3) is 10.9 Å². The average Bonchev–Trinajstić information content (AvgIpc) is 2.55. The van der Waals surface area contributed by atoms with Crippen LogP contribution in [-0.4, -0.2) is 10.4 Å². The molecule has 0 atom stereocenters. The van der Waals surface area contributed by atoms with Crippen LogP contribution in [0.2, 0.25) is 0 Å². The van der Waals surface area contributed by atoms with Gasteiger partial charge in [-0.25, -0.2) is 0 Å². The first-order valence-electron chi connectivity index (χ1n) is 5.29. The molecule has 1 heterocycles. The van der Waals surface area contributed by atoms with E-state index in [4.69, 9.17) is 0 Å². The van der Waals surface area contributed by atoms with Gasteiger partial charge in [0.25, 0.3) is 0 Å².